The Hall–Kier alpha value is -3.27. The van der Waals surface area contributed by atoms with Crippen molar-refractivity contribution in [2.45, 2.75) is 39.3 Å². The summed E-state index contributed by atoms with van der Waals surface area (Å²) in [4.78, 5) is 15.5. The SMILES string of the molecule is COc1ccc(C(=O)N2c3c(C)cccc3[C@@H](Nc3ccccc3C)C[C@@H]2C)cc1. The normalized spacial score (nSPS) is 17.9. The number of benzene rings is 3. The number of anilines is 2. The van der Waals surface area contributed by atoms with Gasteiger partial charge in [-0.2, -0.15) is 0 Å². The van der Waals surface area contributed by atoms with Gasteiger partial charge < -0.3 is 15.0 Å². The molecule has 4 nitrogen and oxygen atoms in total. The second-order valence-electron chi connectivity index (χ2n) is 8.01. The fraction of sp³-hybridized carbons (Fsp3) is 0.269. The van der Waals surface area contributed by atoms with Crippen LogP contribution in [-0.2, 0) is 0 Å². The second kappa shape index (κ2) is 8.23. The summed E-state index contributed by atoms with van der Waals surface area (Å²) in [6.45, 7) is 6.32. The van der Waals surface area contributed by atoms with Crippen LogP contribution in [-0.4, -0.2) is 19.1 Å². The van der Waals surface area contributed by atoms with Gasteiger partial charge in [0.25, 0.3) is 5.91 Å². The Bertz CT molecular complexity index is 1060. The Morgan fingerprint density at radius 1 is 0.967 bits per heavy atom. The van der Waals surface area contributed by atoms with Crippen LogP contribution in [0.15, 0.2) is 66.7 Å². The highest BCUT2D eigenvalue weighted by Crippen LogP contribution is 2.42. The number of methoxy groups -OCH3 is 1. The van der Waals surface area contributed by atoms with Crippen LogP contribution in [0.4, 0.5) is 11.4 Å². The van der Waals surface area contributed by atoms with Gasteiger partial charge in [-0.25, -0.2) is 0 Å². The smallest absolute Gasteiger partial charge is 0.258 e. The molecule has 0 fully saturated rings. The number of ether oxygens (including phenoxy) is 1. The first-order chi connectivity index (χ1) is 14.5. The van der Waals surface area contributed by atoms with E-state index in [4.69, 9.17) is 4.74 Å². The van der Waals surface area contributed by atoms with Crippen LogP contribution in [0.5, 0.6) is 5.75 Å². The van der Waals surface area contributed by atoms with E-state index in [0.717, 1.165) is 29.1 Å². The summed E-state index contributed by atoms with van der Waals surface area (Å²) < 4.78 is 5.24. The highest BCUT2D eigenvalue weighted by Gasteiger charge is 2.35. The van der Waals surface area contributed by atoms with Crippen molar-refractivity contribution < 1.29 is 9.53 Å². The third-order valence-corrected chi connectivity index (χ3v) is 5.93. The minimum absolute atomic E-state index is 0.0232. The van der Waals surface area contributed by atoms with Crippen molar-refractivity contribution in [3.8, 4) is 5.75 Å². The quantitative estimate of drug-likeness (QED) is 0.592. The average Bonchev–Trinajstić information content (AvgIpc) is 2.76. The predicted molar refractivity (Wildman–Crippen MR) is 123 cm³/mol. The van der Waals surface area contributed by atoms with Crippen molar-refractivity contribution in [1.82, 2.24) is 0 Å². The lowest BCUT2D eigenvalue weighted by Crippen LogP contribution is -2.44. The molecular weight excluding hydrogens is 372 g/mol. The minimum Gasteiger partial charge on any atom is -0.497 e. The lowest BCUT2D eigenvalue weighted by Gasteiger charge is -2.41. The van der Waals surface area contributed by atoms with Crippen molar-refractivity contribution in [3.63, 3.8) is 0 Å². The molecule has 1 heterocycles. The van der Waals surface area contributed by atoms with E-state index in [9.17, 15) is 4.79 Å². The van der Waals surface area contributed by atoms with Crippen LogP contribution in [0.2, 0.25) is 0 Å². The summed E-state index contributed by atoms with van der Waals surface area (Å²) in [5.74, 6) is 0.771. The number of fused-ring (bicyclic) bond motifs is 1. The number of rotatable bonds is 4. The first kappa shape index (κ1) is 20.0. The first-order valence-corrected chi connectivity index (χ1v) is 10.4. The maximum atomic E-state index is 13.5. The van der Waals surface area contributed by atoms with Gasteiger partial charge in [-0.3, -0.25) is 4.79 Å². The monoisotopic (exact) mass is 400 g/mol. The topological polar surface area (TPSA) is 41.6 Å². The molecule has 1 aliphatic heterocycles. The number of para-hydroxylation sites is 2. The van der Waals surface area contributed by atoms with E-state index in [1.165, 1.54) is 11.1 Å². The molecule has 4 heteroatoms. The number of carbonyl (C=O) groups is 1. The molecule has 1 amide bonds. The van der Waals surface area contributed by atoms with Gasteiger partial charge in [0.15, 0.2) is 0 Å². The van der Waals surface area contributed by atoms with Gasteiger partial charge in [-0.1, -0.05) is 36.4 Å². The van der Waals surface area contributed by atoms with Crippen LogP contribution in [0, 0.1) is 13.8 Å². The molecule has 3 aromatic carbocycles. The highest BCUT2D eigenvalue weighted by atomic mass is 16.5. The van der Waals surface area contributed by atoms with Gasteiger partial charge in [0.2, 0.25) is 0 Å². The van der Waals surface area contributed by atoms with Gasteiger partial charge >= 0.3 is 0 Å². The fourth-order valence-electron chi connectivity index (χ4n) is 4.32. The number of hydrogen-bond acceptors (Lipinski definition) is 3. The van der Waals surface area contributed by atoms with Crippen molar-refractivity contribution in [3.05, 3.63) is 89.0 Å². The van der Waals surface area contributed by atoms with Crippen molar-refractivity contribution >= 4 is 17.3 Å². The van der Waals surface area contributed by atoms with Crippen molar-refractivity contribution in [2.75, 3.05) is 17.3 Å². The molecule has 0 unspecified atom stereocenters. The fourth-order valence-corrected chi connectivity index (χ4v) is 4.32. The largest absolute Gasteiger partial charge is 0.497 e. The number of amides is 1. The molecule has 1 aliphatic rings. The average molecular weight is 401 g/mol. The Morgan fingerprint density at radius 2 is 1.67 bits per heavy atom. The molecule has 2 atom stereocenters. The van der Waals surface area contributed by atoms with Crippen LogP contribution < -0.4 is 15.0 Å². The molecule has 0 radical (unpaired) electrons. The molecule has 4 rings (SSSR count). The van der Waals surface area contributed by atoms with Crippen LogP contribution in [0.25, 0.3) is 0 Å². The van der Waals surface area contributed by atoms with Crippen LogP contribution in [0.1, 0.15) is 46.4 Å². The zero-order chi connectivity index (χ0) is 21.3. The molecule has 0 aliphatic carbocycles. The standard InChI is InChI=1S/C26H28N2O2/c1-17-8-5-6-11-23(17)27-24-16-19(3)28(25-18(2)9-7-10-22(24)25)26(29)20-12-14-21(30-4)15-13-20/h5-15,19,24,27H,16H2,1-4H3/t19-,24-/m0/s1. The molecule has 0 aromatic heterocycles. The summed E-state index contributed by atoms with van der Waals surface area (Å²) in [6.07, 6.45) is 0.840. The zero-order valence-corrected chi connectivity index (χ0v) is 18.0. The number of hydrogen-bond donors (Lipinski definition) is 1. The molecule has 30 heavy (non-hydrogen) atoms. The van der Waals surface area contributed by atoms with E-state index < -0.39 is 0 Å². The Morgan fingerprint density at radius 3 is 2.37 bits per heavy atom. The van der Waals surface area contributed by atoms with E-state index in [1.807, 2.05) is 29.2 Å². The van der Waals surface area contributed by atoms with Gasteiger partial charge in [-0.15, -0.1) is 0 Å². The van der Waals surface area contributed by atoms with Crippen LogP contribution in [0.3, 0.4) is 0 Å². The number of carbonyl (C=O) groups excluding carboxylic acids is 1. The Kier molecular flexibility index (Phi) is 5.49. The number of aryl methyl sites for hydroxylation is 2. The van der Waals surface area contributed by atoms with Crippen LogP contribution >= 0.6 is 0 Å². The van der Waals surface area contributed by atoms with E-state index in [-0.39, 0.29) is 18.0 Å². The molecule has 0 saturated carbocycles. The third-order valence-electron chi connectivity index (χ3n) is 5.93. The van der Waals surface area contributed by atoms with Gasteiger partial charge in [-0.05, 0) is 74.2 Å². The van der Waals surface area contributed by atoms with Gasteiger partial charge in [0, 0.05) is 17.3 Å². The molecule has 0 saturated heterocycles. The van der Waals surface area contributed by atoms with E-state index in [2.05, 4.69) is 68.6 Å². The number of nitrogens with one attached hydrogen (secondary N) is 1. The molecule has 154 valence electrons. The molecule has 0 spiro atoms. The second-order valence-corrected chi connectivity index (χ2v) is 8.01. The Labute approximate surface area is 178 Å². The van der Waals surface area contributed by atoms with Gasteiger partial charge in [0.1, 0.15) is 5.75 Å². The first-order valence-electron chi connectivity index (χ1n) is 10.4. The predicted octanol–water partition coefficient (Wildman–Crippen LogP) is 5.90. The Balaban J connectivity index is 1.72. The maximum absolute atomic E-state index is 13.5. The summed E-state index contributed by atoms with van der Waals surface area (Å²) in [7, 11) is 1.63. The summed E-state index contributed by atoms with van der Waals surface area (Å²) in [5, 5.41) is 3.72. The van der Waals surface area contributed by atoms with Gasteiger partial charge in [0.05, 0.1) is 18.8 Å². The maximum Gasteiger partial charge on any atom is 0.258 e. The summed E-state index contributed by atoms with van der Waals surface area (Å²) in [5.41, 5.74) is 6.31. The molecule has 0 bridgehead atoms. The van der Waals surface area contributed by atoms with E-state index >= 15 is 0 Å². The zero-order valence-electron chi connectivity index (χ0n) is 18.0. The van der Waals surface area contributed by atoms with Crippen molar-refractivity contribution in [2.24, 2.45) is 0 Å². The highest BCUT2D eigenvalue weighted by molar-refractivity contribution is 6.07. The number of nitrogens with zero attached hydrogens (tertiary/aromatic N) is 1. The minimum atomic E-state index is 0.0232. The van der Waals surface area contributed by atoms with E-state index in [1.54, 1.807) is 7.11 Å². The van der Waals surface area contributed by atoms with Crippen molar-refractivity contribution in [1.29, 1.82) is 0 Å². The molecule has 1 N–H and O–H groups in total. The van der Waals surface area contributed by atoms with E-state index in [0.29, 0.717) is 5.56 Å². The third kappa shape index (κ3) is 3.65. The molecular formula is C26H28N2O2. The summed E-state index contributed by atoms with van der Waals surface area (Å²) >= 11 is 0. The summed E-state index contributed by atoms with van der Waals surface area (Å²) in [6, 6.07) is 22.2. The molecule has 3 aromatic rings. The lowest BCUT2D eigenvalue weighted by atomic mass is 9.88. The lowest BCUT2D eigenvalue weighted by molar-refractivity contribution is 0.0974.